The van der Waals surface area contributed by atoms with Gasteiger partial charge in [0.15, 0.2) is 0 Å². The predicted molar refractivity (Wildman–Crippen MR) is 36.3 cm³/mol. The highest BCUT2D eigenvalue weighted by molar-refractivity contribution is 7.85. The lowest BCUT2D eigenvalue weighted by molar-refractivity contribution is 0.483. The van der Waals surface area contributed by atoms with E-state index in [0.29, 0.717) is 0 Å². The summed E-state index contributed by atoms with van der Waals surface area (Å²) in [6.07, 6.45) is 0. The van der Waals surface area contributed by atoms with Crippen molar-refractivity contribution in [2.45, 2.75) is 4.90 Å². The highest BCUT2D eigenvalue weighted by atomic mass is 32.2. The maximum absolute atomic E-state index is 10.5. The molecular weight excluding hydrogens is 152 g/mol. The van der Waals surface area contributed by atoms with Crippen LogP contribution in [0.2, 0.25) is 0 Å². The molecule has 0 radical (unpaired) electrons. The summed E-state index contributed by atoms with van der Waals surface area (Å²) < 4.78 is 36.6. The molecule has 0 aliphatic rings. The topological polar surface area (TPSA) is 54.4 Å². The van der Waals surface area contributed by atoms with Gasteiger partial charge in [0.05, 0.1) is 6.27 Å². The van der Waals surface area contributed by atoms with Crippen molar-refractivity contribution < 1.29 is 14.3 Å². The summed E-state index contributed by atoms with van der Waals surface area (Å²) in [6, 6.07) is 5.24. The van der Waals surface area contributed by atoms with Crippen molar-refractivity contribution in [1.82, 2.24) is 0 Å². The second kappa shape index (κ2) is 2.40. The van der Waals surface area contributed by atoms with E-state index in [1.165, 1.54) is 24.3 Å². The van der Waals surface area contributed by atoms with E-state index in [0.717, 1.165) is 0 Å². The Kier molecular flexibility index (Phi) is 1.41. The third-order valence-corrected chi connectivity index (χ3v) is 1.77. The zero-order valence-electron chi connectivity index (χ0n) is 5.98. The minimum Gasteiger partial charge on any atom is -0.282 e. The van der Waals surface area contributed by atoms with Crippen LogP contribution >= 0.6 is 0 Å². The molecule has 3 nitrogen and oxygen atoms in total. The van der Waals surface area contributed by atoms with E-state index < -0.39 is 10.1 Å². The van der Waals surface area contributed by atoms with E-state index >= 15 is 0 Å². The van der Waals surface area contributed by atoms with Crippen LogP contribution < -0.4 is 0 Å². The van der Waals surface area contributed by atoms with Crippen LogP contribution in [0, 0.1) is 0 Å². The molecule has 1 N–H and O–H groups in total. The Morgan fingerprint density at radius 2 is 2.10 bits per heavy atom. The minimum atomic E-state index is -4.22. The molecule has 10 heavy (non-hydrogen) atoms. The van der Waals surface area contributed by atoms with Gasteiger partial charge in [-0.25, -0.2) is 0 Å². The average molecular weight is 159 g/mol. The smallest absolute Gasteiger partial charge is 0.282 e. The first-order valence-electron chi connectivity index (χ1n) is 3.05. The number of hydrogen-bond acceptors (Lipinski definition) is 2. The molecule has 0 aromatic heterocycles. The molecule has 0 bridgehead atoms. The van der Waals surface area contributed by atoms with E-state index in [9.17, 15) is 8.42 Å². The van der Waals surface area contributed by atoms with E-state index in [-0.39, 0.29) is 10.9 Å². The molecular formula is C6H6O3S. The molecule has 0 aliphatic heterocycles. The molecule has 0 heterocycles. The molecule has 54 valence electrons. The Morgan fingerprint density at radius 1 is 1.40 bits per heavy atom. The van der Waals surface area contributed by atoms with Gasteiger partial charge in [0.25, 0.3) is 10.1 Å². The Hall–Kier alpha value is -0.870. The number of rotatable bonds is 1. The summed E-state index contributed by atoms with van der Waals surface area (Å²) in [5.41, 5.74) is 0. The second-order valence-corrected chi connectivity index (χ2v) is 3.09. The van der Waals surface area contributed by atoms with Crippen molar-refractivity contribution >= 4 is 10.1 Å². The minimum absolute atomic E-state index is 0.199. The SMILES string of the molecule is [2H]c1ccccc1S(=O)(=O)O. The van der Waals surface area contributed by atoms with Crippen LogP contribution in [0.5, 0.6) is 0 Å². The standard InChI is InChI=1S/C6H6O3S/c7-10(8,9)6-4-2-1-3-5-6/h1-5H,(H,7,8,9)/i4D. The molecule has 1 aromatic carbocycles. The lowest BCUT2D eigenvalue weighted by atomic mass is 10.4. The molecule has 0 saturated carbocycles. The molecule has 4 heteroatoms. The van der Waals surface area contributed by atoms with Crippen LogP contribution in [0.4, 0.5) is 0 Å². The third-order valence-electron chi connectivity index (χ3n) is 0.958. The van der Waals surface area contributed by atoms with E-state index in [1.54, 1.807) is 0 Å². The zero-order valence-corrected chi connectivity index (χ0v) is 5.80. The van der Waals surface area contributed by atoms with Crippen molar-refractivity contribution in [3.63, 3.8) is 0 Å². The van der Waals surface area contributed by atoms with E-state index in [2.05, 4.69) is 0 Å². The summed E-state index contributed by atoms with van der Waals surface area (Å²) in [6.45, 7) is 0. The number of benzene rings is 1. The maximum Gasteiger partial charge on any atom is 0.294 e. The summed E-state index contributed by atoms with van der Waals surface area (Å²) in [4.78, 5) is -0.361. The quantitative estimate of drug-likeness (QED) is 0.620. The number of hydrogen-bond donors (Lipinski definition) is 1. The second-order valence-electron chi connectivity index (χ2n) is 1.70. The van der Waals surface area contributed by atoms with Gasteiger partial charge in [0, 0.05) is 0 Å². The van der Waals surface area contributed by atoms with Crippen LogP contribution in [0.1, 0.15) is 1.37 Å². The van der Waals surface area contributed by atoms with Gasteiger partial charge < -0.3 is 0 Å². The normalized spacial score (nSPS) is 12.7. The highest BCUT2D eigenvalue weighted by Gasteiger charge is 2.05. The molecule has 0 aliphatic carbocycles. The van der Waals surface area contributed by atoms with Gasteiger partial charge in [-0.3, -0.25) is 4.55 Å². The van der Waals surface area contributed by atoms with Gasteiger partial charge in [-0.05, 0) is 12.1 Å². The first kappa shape index (κ1) is 5.88. The molecule has 1 aromatic rings. The fraction of sp³-hybridized carbons (Fsp3) is 0. The molecule has 0 atom stereocenters. The molecule has 0 spiro atoms. The molecule has 1 rings (SSSR count). The van der Waals surface area contributed by atoms with Crippen molar-refractivity contribution in [3.8, 4) is 0 Å². The third kappa shape index (κ3) is 1.55. The Bertz CT molecular complexity index is 358. The monoisotopic (exact) mass is 159 g/mol. The lowest BCUT2D eigenvalue weighted by Crippen LogP contribution is -1.96. The Balaban J connectivity index is 3.37. The van der Waals surface area contributed by atoms with Crippen LogP contribution in [0.25, 0.3) is 0 Å². The summed E-state index contributed by atoms with van der Waals surface area (Å²) in [7, 11) is -4.22. The fourth-order valence-corrected chi connectivity index (χ4v) is 1.00. The largest absolute Gasteiger partial charge is 0.294 e. The van der Waals surface area contributed by atoms with Crippen molar-refractivity contribution in [3.05, 3.63) is 30.3 Å². The van der Waals surface area contributed by atoms with Crippen LogP contribution in [-0.2, 0) is 10.1 Å². The molecule has 0 amide bonds. The molecule has 0 fully saturated rings. The maximum atomic E-state index is 10.5. The van der Waals surface area contributed by atoms with Gasteiger partial charge in [-0.1, -0.05) is 18.2 Å². The highest BCUT2D eigenvalue weighted by Crippen LogP contribution is 2.05. The summed E-state index contributed by atoms with van der Waals surface area (Å²) in [5.74, 6) is 0. The van der Waals surface area contributed by atoms with E-state index in [4.69, 9.17) is 5.92 Å². The summed E-state index contributed by atoms with van der Waals surface area (Å²) in [5, 5.41) is 0. The lowest BCUT2D eigenvalue weighted by Gasteiger charge is -1.92. The van der Waals surface area contributed by atoms with Crippen molar-refractivity contribution in [2.75, 3.05) is 0 Å². The van der Waals surface area contributed by atoms with Crippen molar-refractivity contribution in [1.29, 1.82) is 0 Å². The zero-order chi connectivity index (χ0) is 8.48. The van der Waals surface area contributed by atoms with Gasteiger partial charge in [0.1, 0.15) is 0 Å². The average Bonchev–Trinajstić information content (AvgIpc) is 1.86. The van der Waals surface area contributed by atoms with Crippen LogP contribution in [0.15, 0.2) is 35.2 Å². The molecule has 0 saturated heterocycles. The van der Waals surface area contributed by atoms with E-state index in [1.807, 2.05) is 0 Å². The fourth-order valence-electron chi connectivity index (χ4n) is 0.537. The van der Waals surface area contributed by atoms with Gasteiger partial charge >= 0.3 is 0 Å². The van der Waals surface area contributed by atoms with Crippen LogP contribution in [0.3, 0.4) is 0 Å². The Labute approximate surface area is 60.5 Å². The summed E-state index contributed by atoms with van der Waals surface area (Å²) >= 11 is 0. The first-order chi connectivity index (χ1) is 5.02. The van der Waals surface area contributed by atoms with Crippen molar-refractivity contribution in [2.24, 2.45) is 0 Å². The van der Waals surface area contributed by atoms with Gasteiger partial charge in [0.2, 0.25) is 0 Å². The first-order valence-corrected chi connectivity index (χ1v) is 3.99. The van der Waals surface area contributed by atoms with Gasteiger partial charge in [-0.15, -0.1) is 0 Å². The predicted octanol–water partition coefficient (Wildman–Crippen LogP) is 0.933. The van der Waals surface area contributed by atoms with Crippen LogP contribution in [-0.4, -0.2) is 13.0 Å². The Morgan fingerprint density at radius 3 is 2.50 bits per heavy atom. The van der Waals surface area contributed by atoms with Gasteiger partial charge in [-0.2, -0.15) is 8.42 Å². The molecule has 0 unspecified atom stereocenters.